The molecule has 1 aromatic heterocycles. The highest BCUT2D eigenvalue weighted by Gasteiger charge is 2.41. The van der Waals surface area contributed by atoms with E-state index in [-0.39, 0.29) is 17.8 Å². The van der Waals surface area contributed by atoms with Crippen LogP contribution in [0.15, 0.2) is 0 Å². The first kappa shape index (κ1) is 16.4. The Balaban J connectivity index is 2.42. The molecule has 2 unspecified atom stereocenters. The lowest BCUT2D eigenvalue weighted by atomic mass is 10.1. The van der Waals surface area contributed by atoms with Gasteiger partial charge in [0.15, 0.2) is 5.69 Å². The molecule has 1 aliphatic heterocycles. The second-order valence-corrected chi connectivity index (χ2v) is 4.55. The Morgan fingerprint density at radius 1 is 1.13 bits per heavy atom. The van der Waals surface area contributed by atoms with E-state index in [1.54, 1.807) is 0 Å². The largest absolute Gasteiger partial charge is 0.467 e. The van der Waals surface area contributed by atoms with Crippen molar-refractivity contribution >= 4 is 23.8 Å². The highest BCUT2D eigenvalue weighted by atomic mass is 16.5. The summed E-state index contributed by atoms with van der Waals surface area (Å²) < 4.78 is 14.6. The average Bonchev–Trinajstić information content (AvgIpc) is 3.15. The molecule has 1 saturated heterocycles. The predicted octanol–water partition coefficient (Wildman–Crippen LogP) is -1.55. The van der Waals surface area contributed by atoms with E-state index in [1.165, 1.54) is 7.11 Å². The molecule has 11 heteroatoms. The van der Waals surface area contributed by atoms with Crippen molar-refractivity contribution in [2.75, 3.05) is 21.3 Å². The van der Waals surface area contributed by atoms with E-state index in [1.807, 2.05) is 0 Å². The fraction of sp³-hybridized carbons (Fsp3) is 0.500. The number of hydrogen-bond donors (Lipinski definition) is 1. The zero-order chi connectivity index (χ0) is 17.1. The number of rotatable bonds is 4. The number of methoxy groups -OCH3 is 3. The van der Waals surface area contributed by atoms with Gasteiger partial charge in [-0.3, -0.25) is 4.79 Å². The molecule has 0 radical (unpaired) electrons. The third-order valence-corrected chi connectivity index (χ3v) is 3.31. The molecule has 1 aliphatic rings. The van der Waals surface area contributed by atoms with Crippen molar-refractivity contribution in [2.45, 2.75) is 18.5 Å². The molecule has 2 heterocycles. The maximum Gasteiger partial charge on any atom is 0.361 e. The quantitative estimate of drug-likeness (QED) is 0.514. The topological polar surface area (TPSA) is 139 Å². The molecule has 0 aliphatic carbocycles. The van der Waals surface area contributed by atoms with Gasteiger partial charge in [-0.1, -0.05) is 5.21 Å². The van der Waals surface area contributed by atoms with Crippen LogP contribution in [0.25, 0.3) is 0 Å². The highest BCUT2D eigenvalue weighted by Crippen LogP contribution is 2.24. The molecule has 0 aromatic carbocycles. The van der Waals surface area contributed by atoms with E-state index in [0.717, 1.165) is 18.9 Å². The summed E-state index contributed by atoms with van der Waals surface area (Å²) in [6.07, 6.45) is -0.0144. The fourth-order valence-corrected chi connectivity index (χ4v) is 2.20. The van der Waals surface area contributed by atoms with Crippen LogP contribution < -0.4 is 5.32 Å². The van der Waals surface area contributed by atoms with Gasteiger partial charge in [0, 0.05) is 6.42 Å². The minimum Gasteiger partial charge on any atom is -0.467 e. The summed E-state index contributed by atoms with van der Waals surface area (Å²) in [5.41, 5.74) is -0.710. The van der Waals surface area contributed by atoms with Gasteiger partial charge in [-0.2, -0.15) is 0 Å². The number of esters is 3. The maximum absolute atomic E-state index is 12.0. The Bertz CT molecular complexity index is 668. The van der Waals surface area contributed by atoms with Crippen molar-refractivity contribution in [3.8, 4) is 0 Å². The van der Waals surface area contributed by atoms with Crippen molar-refractivity contribution < 1.29 is 33.4 Å². The van der Waals surface area contributed by atoms with Gasteiger partial charge in [0.2, 0.25) is 11.6 Å². The van der Waals surface area contributed by atoms with Gasteiger partial charge in [0.25, 0.3) is 0 Å². The van der Waals surface area contributed by atoms with Crippen LogP contribution in [-0.4, -0.2) is 66.2 Å². The number of nitrogens with one attached hydrogen (secondary N) is 1. The first-order chi connectivity index (χ1) is 10.9. The summed E-state index contributed by atoms with van der Waals surface area (Å²) >= 11 is 0. The lowest BCUT2D eigenvalue weighted by Gasteiger charge is -2.10. The van der Waals surface area contributed by atoms with Crippen molar-refractivity contribution in [3.05, 3.63) is 11.4 Å². The van der Waals surface area contributed by atoms with Crippen molar-refractivity contribution in [2.24, 2.45) is 0 Å². The summed E-state index contributed by atoms with van der Waals surface area (Å²) in [5.74, 6) is -3.01. The van der Waals surface area contributed by atoms with Crippen LogP contribution in [0.4, 0.5) is 0 Å². The Labute approximate surface area is 129 Å². The fourth-order valence-electron chi connectivity index (χ4n) is 2.20. The second-order valence-electron chi connectivity index (χ2n) is 4.55. The third-order valence-electron chi connectivity index (χ3n) is 3.31. The van der Waals surface area contributed by atoms with Crippen LogP contribution in [0.1, 0.15) is 33.4 Å². The monoisotopic (exact) mass is 326 g/mol. The van der Waals surface area contributed by atoms with E-state index in [9.17, 15) is 19.2 Å². The lowest BCUT2D eigenvalue weighted by molar-refractivity contribution is -0.143. The van der Waals surface area contributed by atoms with E-state index in [2.05, 4.69) is 29.8 Å². The maximum atomic E-state index is 12.0. The highest BCUT2D eigenvalue weighted by molar-refractivity contribution is 6.01. The molecule has 1 amide bonds. The molecule has 11 nitrogen and oxygen atoms in total. The standard InChI is InChI=1S/C12H14N4O7/c1-21-10(18)5-4-6(9(17)13-5)16-8(12(20)23-3)7(14-15-16)11(19)22-2/h5-6H,4H2,1-3H3,(H,13,17). The van der Waals surface area contributed by atoms with Gasteiger partial charge in [-0.05, 0) is 0 Å². The summed E-state index contributed by atoms with van der Waals surface area (Å²) in [6.45, 7) is 0. The van der Waals surface area contributed by atoms with Crippen LogP contribution in [0.3, 0.4) is 0 Å². The molecule has 0 spiro atoms. The molecular formula is C12H14N4O7. The molecule has 2 rings (SSSR count). The smallest absolute Gasteiger partial charge is 0.361 e. The summed E-state index contributed by atoms with van der Waals surface area (Å²) in [5, 5.41) is 9.64. The Morgan fingerprint density at radius 2 is 1.78 bits per heavy atom. The van der Waals surface area contributed by atoms with Gasteiger partial charge in [0.1, 0.15) is 12.1 Å². The van der Waals surface area contributed by atoms with Crippen LogP contribution >= 0.6 is 0 Å². The van der Waals surface area contributed by atoms with Crippen molar-refractivity contribution in [1.29, 1.82) is 0 Å². The molecule has 2 atom stereocenters. The number of hydrogen-bond acceptors (Lipinski definition) is 9. The number of amides is 1. The number of aromatic nitrogens is 3. The molecule has 1 N–H and O–H groups in total. The van der Waals surface area contributed by atoms with E-state index in [4.69, 9.17) is 0 Å². The first-order valence-corrected chi connectivity index (χ1v) is 6.44. The van der Waals surface area contributed by atoms with Crippen LogP contribution in [0.5, 0.6) is 0 Å². The Kier molecular flexibility index (Phi) is 4.57. The summed E-state index contributed by atoms with van der Waals surface area (Å²) in [4.78, 5) is 47.1. The second kappa shape index (κ2) is 6.42. The number of carbonyl (C=O) groups excluding carboxylic acids is 4. The minimum absolute atomic E-state index is 0.0144. The van der Waals surface area contributed by atoms with Crippen LogP contribution in [0, 0.1) is 0 Å². The van der Waals surface area contributed by atoms with Crippen molar-refractivity contribution in [3.63, 3.8) is 0 Å². The molecular weight excluding hydrogens is 312 g/mol. The average molecular weight is 326 g/mol. The Hall–Kier alpha value is -2.98. The van der Waals surface area contributed by atoms with E-state index < -0.39 is 35.9 Å². The molecule has 0 saturated carbocycles. The zero-order valence-corrected chi connectivity index (χ0v) is 12.6. The van der Waals surface area contributed by atoms with Crippen molar-refractivity contribution in [1.82, 2.24) is 20.3 Å². The molecule has 23 heavy (non-hydrogen) atoms. The van der Waals surface area contributed by atoms with E-state index >= 15 is 0 Å². The molecule has 0 bridgehead atoms. The Morgan fingerprint density at radius 3 is 2.35 bits per heavy atom. The van der Waals surface area contributed by atoms with Crippen LogP contribution in [-0.2, 0) is 23.8 Å². The predicted molar refractivity (Wildman–Crippen MR) is 70.3 cm³/mol. The normalized spacial score (nSPS) is 19.9. The molecule has 1 aromatic rings. The van der Waals surface area contributed by atoms with Gasteiger partial charge in [-0.15, -0.1) is 5.10 Å². The zero-order valence-electron chi connectivity index (χ0n) is 12.6. The van der Waals surface area contributed by atoms with Gasteiger partial charge < -0.3 is 19.5 Å². The van der Waals surface area contributed by atoms with Gasteiger partial charge >= 0.3 is 17.9 Å². The van der Waals surface area contributed by atoms with Gasteiger partial charge in [-0.25, -0.2) is 19.1 Å². The molecule has 1 fully saturated rings. The third kappa shape index (κ3) is 2.84. The lowest BCUT2D eigenvalue weighted by Crippen LogP contribution is -2.34. The molecule has 124 valence electrons. The number of nitrogens with zero attached hydrogens (tertiary/aromatic N) is 3. The minimum atomic E-state index is -1.01. The van der Waals surface area contributed by atoms with Gasteiger partial charge in [0.05, 0.1) is 21.3 Å². The summed E-state index contributed by atoms with van der Waals surface area (Å²) in [7, 11) is 3.40. The first-order valence-electron chi connectivity index (χ1n) is 6.44. The van der Waals surface area contributed by atoms with E-state index in [0.29, 0.717) is 0 Å². The number of ether oxygens (including phenoxy) is 3. The van der Waals surface area contributed by atoms with Crippen LogP contribution in [0.2, 0.25) is 0 Å². The summed E-state index contributed by atoms with van der Waals surface area (Å²) in [6, 6.07) is -1.90. The number of carbonyl (C=O) groups is 4. The SMILES string of the molecule is COC(=O)c1nnn(C2CC(C(=O)OC)NC2=O)c1C(=O)OC.